The number of carbonyl (C=O) groups is 2. The Balaban J connectivity index is 0.000000235. The number of halogens is 3. The van der Waals surface area contributed by atoms with Gasteiger partial charge in [0.15, 0.2) is 0 Å². The summed E-state index contributed by atoms with van der Waals surface area (Å²) >= 11 is 0. The number of cyclic esters (lactones) is 1. The topological polar surface area (TPSA) is 101 Å². The first kappa shape index (κ1) is 17.5. The van der Waals surface area contributed by atoms with Crippen LogP contribution in [0.5, 0.6) is 0 Å². The summed E-state index contributed by atoms with van der Waals surface area (Å²) in [5.41, 5.74) is -1.51. The number of hydrogen-bond donors (Lipinski definition) is 2. The Morgan fingerprint density at radius 1 is 1.50 bits per heavy atom. The van der Waals surface area contributed by atoms with Crippen molar-refractivity contribution in [2.24, 2.45) is 0 Å². The second kappa shape index (κ2) is 7.48. The van der Waals surface area contributed by atoms with Crippen molar-refractivity contribution in [3.63, 3.8) is 0 Å². The zero-order valence-corrected chi connectivity index (χ0v) is 11.2. The highest BCUT2D eigenvalue weighted by Gasteiger charge is 2.39. The Hall–Kier alpha value is -2.52. The number of esters is 1. The van der Waals surface area contributed by atoms with Crippen molar-refractivity contribution in [3.8, 4) is 0 Å². The molecule has 10 heteroatoms. The summed E-state index contributed by atoms with van der Waals surface area (Å²) < 4.78 is 43.9. The number of H-pyrrole nitrogens is 1. The predicted octanol–water partition coefficient (Wildman–Crippen LogP) is 1.74. The van der Waals surface area contributed by atoms with Crippen molar-refractivity contribution in [3.05, 3.63) is 29.3 Å². The molecule has 7 nitrogen and oxygen atoms in total. The van der Waals surface area contributed by atoms with E-state index < -0.39 is 23.3 Å². The van der Waals surface area contributed by atoms with Gasteiger partial charge in [0.1, 0.15) is 18.1 Å². The van der Waals surface area contributed by atoms with Gasteiger partial charge in [-0.3, -0.25) is 14.4 Å². The second-order valence-corrected chi connectivity index (χ2v) is 4.21. The van der Waals surface area contributed by atoms with Gasteiger partial charge in [-0.05, 0) is 6.42 Å². The van der Waals surface area contributed by atoms with Crippen LogP contribution in [0.4, 0.5) is 18.9 Å². The van der Waals surface area contributed by atoms with Gasteiger partial charge in [0.25, 0.3) is 0 Å². The van der Waals surface area contributed by atoms with Crippen molar-refractivity contribution in [1.29, 1.82) is 0 Å². The third-order valence-corrected chi connectivity index (χ3v) is 2.48. The van der Waals surface area contributed by atoms with E-state index in [1.807, 2.05) is 0 Å². The molecule has 1 aromatic rings. The Kier molecular flexibility index (Phi) is 5.96. The summed E-state index contributed by atoms with van der Waals surface area (Å²) in [5.74, 6) is -2.29. The molecule has 2 N–H and O–H groups in total. The maximum absolute atomic E-state index is 11.6. The molecule has 1 aliphatic heterocycles. The number of rotatable bonds is 3. The van der Waals surface area contributed by atoms with E-state index in [1.165, 1.54) is 5.32 Å². The Morgan fingerprint density at radius 3 is 2.59 bits per heavy atom. The summed E-state index contributed by atoms with van der Waals surface area (Å²) in [6.45, 7) is 3.56. The van der Waals surface area contributed by atoms with Crippen LogP contribution in [0.1, 0.15) is 19.3 Å². The van der Waals surface area contributed by atoms with Crippen molar-refractivity contribution < 1.29 is 32.0 Å². The number of hydrogen-bond acceptors (Lipinski definition) is 5. The molecule has 1 aliphatic rings. The molecular formula is C12H13F3N2O5. The lowest BCUT2D eigenvalue weighted by Crippen LogP contribution is -2.31. The number of aromatic amines is 1. The lowest BCUT2D eigenvalue weighted by molar-refractivity contribution is -0.167. The van der Waals surface area contributed by atoms with Crippen LogP contribution in [-0.4, -0.2) is 29.3 Å². The predicted molar refractivity (Wildman–Crippen MR) is 67.9 cm³/mol. The normalized spacial score (nSPS) is 17.2. The smallest absolute Gasteiger partial charge is 0.462 e. The Labute approximate surface area is 122 Å². The number of alkyl halides is 3. The molecule has 1 atom stereocenters. The van der Waals surface area contributed by atoms with Crippen LogP contribution in [-0.2, 0) is 14.3 Å². The van der Waals surface area contributed by atoms with Crippen molar-refractivity contribution >= 4 is 17.6 Å². The van der Waals surface area contributed by atoms with Gasteiger partial charge in [-0.2, -0.15) is 18.3 Å². The average molecular weight is 322 g/mol. The van der Waals surface area contributed by atoms with Crippen LogP contribution in [0.3, 0.4) is 0 Å². The lowest BCUT2D eigenvalue weighted by atomic mass is 10.2. The van der Waals surface area contributed by atoms with Crippen molar-refractivity contribution in [2.75, 3.05) is 5.32 Å². The summed E-state index contributed by atoms with van der Waals surface area (Å²) in [7, 11) is 0. The minimum absolute atomic E-state index is 0.0677. The van der Waals surface area contributed by atoms with Gasteiger partial charge < -0.3 is 14.6 Å². The van der Waals surface area contributed by atoms with Crippen LogP contribution in [0.25, 0.3) is 0 Å². The van der Waals surface area contributed by atoms with Gasteiger partial charge in [0.05, 0.1) is 0 Å². The minimum atomic E-state index is -5.02. The molecule has 0 aliphatic carbocycles. The second-order valence-electron chi connectivity index (χ2n) is 4.21. The van der Waals surface area contributed by atoms with Gasteiger partial charge in [0, 0.05) is 12.8 Å². The van der Waals surface area contributed by atoms with Gasteiger partial charge in [0.2, 0.25) is 0 Å². The van der Waals surface area contributed by atoms with Crippen LogP contribution in [0.2, 0.25) is 0 Å². The fourth-order valence-electron chi connectivity index (χ4n) is 1.46. The summed E-state index contributed by atoms with van der Waals surface area (Å²) in [6.07, 6.45) is -0.205. The number of anilines is 1. The highest BCUT2D eigenvalue weighted by Crippen LogP contribution is 2.17. The molecule has 1 aromatic heterocycles. The summed E-state index contributed by atoms with van der Waals surface area (Å²) in [4.78, 5) is 31.3. The van der Waals surface area contributed by atoms with Crippen LogP contribution >= 0.6 is 0 Å². The third kappa shape index (κ3) is 5.46. The van der Waals surface area contributed by atoms with Gasteiger partial charge in [-0.15, -0.1) is 6.58 Å². The molecule has 22 heavy (non-hydrogen) atoms. The van der Waals surface area contributed by atoms with Crippen LogP contribution in [0, 0.1) is 0 Å². The van der Waals surface area contributed by atoms with E-state index in [0.717, 1.165) is 12.8 Å². The van der Waals surface area contributed by atoms with E-state index in [2.05, 4.69) is 11.1 Å². The number of nitrogens with one attached hydrogen (secondary N) is 2. The van der Waals surface area contributed by atoms with E-state index in [0.29, 0.717) is 12.7 Å². The van der Waals surface area contributed by atoms with E-state index in [4.69, 9.17) is 4.74 Å². The fourth-order valence-corrected chi connectivity index (χ4v) is 1.46. The zero-order chi connectivity index (χ0) is 16.8. The third-order valence-electron chi connectivity index (χ3n) is 2.48. The quantitative estimate of drug-likeness (QED) is 0.652. The largest absolute Gasteiger partial charge is 0.471 e. The van der Waals surface area contributed by atoms with Gasteiger partial charge >= 0.3 is 23.6 Å². The highest BCUT2D eigenvalue weighted by molar-refractivity contribution is 5.94. The number of aromatic nitrogens is 1. The molecule has 0 radical (unpaired) electrons. The Morgan fingerprint density at radius 2 is 2.18 bits per heavy atom. The van der Waals surface area contributed by atoms with Crippen molar-refractivity contribution in [2.45, 2.75) is 31.5 Å². The molecule has 122 valence electrons. The maximum atomic E-state index is 11.6. The molecular weight excluding hydrogens is 309 g/mol. The number of ether oxygens (including phenoxy) is 1. The standard InChI is InChI=1S/C7H10O2.C5H3F3N2O3/c1-2-3-6-4-5-7(8)9-6;6-5(7,8)4(12)9-2-1-13-10-3(2)11/h2,6H,1,3-5H2;1H,(H,9,12)(H,10,11). The van der Waals surface area contributed by atoms with E-state index in [1.54, 1.807) is 11.2 Å². The van der Waals surface area contributed by atoms with Gasteiger partial charge in [-0.25, -0.2) is 0 Å². The first-order valence-corrected chi connectivity index (χ1v) is 6.08. The molecule has 0 saturated carbocycles. The zero-order valence-electron chi connectivity index (χ0n) is 11.2. The van der Waals surface area contributed by atoms with Crippen molar-refractivity contribution in [1.82, 2.24) is 5.16 Å². The SMILES string of the molecule is C=CCC1CCC(=O)O1.O=C(Nc1co[nH]c1=O)C(F)(F)F. The van der Waals surface area contributed by atoms with Crippen LogP contribution in [0.15, 0.2) is 28.2 Å². The molecule has 1 saturated heterocycles. The Bertz CT molecular complexity index is 590. The van der Waals surface area contributed by atoms with E-state index in [-0.39, 0.29) is 12.1 Å². The first-order valence-electron chi connectivity index (χ1n) is 6.08. The molecule has 1 amide bonds. The van der Waals surface area contributed by atoms with E-state index in [9.17, 15) is 27.6 Å². The molecule has 0 aromatic carbocycles. The number of carbonyl (C=O) groups excluding carboxylic acids is 2. The molecule has 0 bridgehead atoms. The first-order chi connectivity index (χ1) is 10.2. The monoisotopic (exact) mass is 322 g/mol. The van der Waals surface area contributed by atoms with E-state index >= 15 is 0 Å². The summed E-state index contributed by atoms with van der Waals surface area (Å²) in [6, 6.07) is 0. The average Bonchev–Trinajstić information content (AvgIpc) is 2.99. The maximum Gasteiger partial charge on any atom is 0.471 e. The minimum Gasteiger partial charge on any atom is -0.462 e. The number of amides is 1. The molecule has 2 heterocycles. The molecule has 2 rings (SSSR count). The van der Waals surface area contributed by atoms with Crippen LogP contribution < -0.4 is 10.9 Å². The lowest BCUT2D eigenvalue weighted by Gasteiger charge is -2.03. The highest BCUT2D eigenvalue weighted by atomic mass is 19.4. The van der Waals surface area contributed by atoms with Gasteiger partial charge in [-0.1, -0.05) is 6.08 Å². The fraction of sp³-hybridized carbons (Fsp3) is 0.417. The molecule has 1 unspecified atom stereocenters. The molecule has 1 fully saturated rings. The summed E-state index contributed by atoms with van der Waals surface area (Å²) in [5, 5.41) is 3.04. The molecule has 0 spiro atoms.